The van der Waals surface area contributed by atoms with Gasteiger partial charge in [-0.2, -0.15) is 0 Å². The second kappa shape index (κ2) is 8.32. The van der Waals surface area contributed by atoms with Crippen LogP contribution in [0.4, 0.5) is 10.8 Å². The molecule has 1 amide bonds. The molecule has 1 atom stereocenters. The minimum atomic E-state index is -0.162. The molecule has 3 aromatic rings. The summed E-state index contributed by atoms with van der Waals surface area (Å²) in [5, 5.41) is 2.53. The molecule has 0 aliphatic heterocycles. The highest BCUT2D eigenvalue weighted by molar-refractivity contribution is 7.99. The summed E-state index contributed by atoms with van der Waals surface area (Å²) in [4.78, 5) is 19.4. The van der Waals surface area contributed by atoms with Crippen molar-refractivity contribution in [3.63, 3.8) is 0 Å². The predicted molar refractivity (Wildman–Crippen MR) is 108 cm³/mol. The Balaban J connectivity index is 1.79. The molecule has 5 heteroatoms. The van der Waals surface area contributed by atoms with Gasteiger partial charge in [-0.1, -0.05) is 48.5 Å². The van der Waals surface area contributed by atoms with Gasteiger partial charge in [0.25, 0.3) is 0 Å². The Labute approximate surface area is 156 Å². The highest BCUT2D eigenvalue weighted by atomic mass is 32.2. The average Bonchev–Trinajstić information content (AvgIpc) is 3.07. The number of hydrogen-bond acceptors (Lipinski definition) is 4. The molecule has 1 heterocycles. The first-order valence-electron chi connectivity index (χ1n) is 8.12. The highest BCUT2D eigenvalue weighted by Crippen LogP contribution is 2.31. The van der Waals surface area contributed by atoms with Crippen molar-refractivity contribution in [2.45, 2.75) is 24.9 Å². The quantitative estimate of drug-likeness (QED) is 0.581. The lowest BCUT2D eigenvalue weighted by atomic mass is 10.2. The van der Waals surface area contributed by atoms with Crippen molar-refractivity contribution in [2.24, 2.45) is 0 Å². The summed E-state index contributed by atoms with van der Waals surface area (Å²) in [6.07, 6.45) is 0. The largest absolute Gasteiger partial charge is 0.273 e. The van der Waals surface area contributed by atoms with Gasteiger partial charge in [-0.3, -0.25) is 9.69 Å². The summed E-state index contributed by atoms with van der Waals surface area (Å²) in [5.41, 5.74) is 3.01. The van der Waals surface area contributed by atoms with Crippen molar-refractivity contribution in [3.8, 4) is 0 Å². The maximum atomic E-state index is 13.1. The van der Waals surface area contributed by atoms with E-state index in [2.05, 4.69) is 17.1 Å². The fraction of sp³-hybridized carbons (Fsp3) is 0.200. The molecule has 128 valence electrons. The number of para-hydroxylation sites is 1. The summed E-state index contributed by atoms with van der Waals surface area (Å²) in [6, 6.07) is 20.0. The Hall–Kier alpha value is -2.11. The Kier molecular flexibility index (Phi) is 5.89. The molecule has 2 aromatic carbocycles. The molecule has 0 bridgehead atoms. The van der Waals surface area contributed by atoms with Crippen LogP contribution < -0.4 is 4.90 Å². The molecule has 0 saturated heterocycles. The van der Waals surface area contributed by atoms with Gasteiger partial charge in [0.05, 0.1) is 16.6 Å². The number of thiazole rings is 1. The van der Waals surface area contributed by atoms with Gasteiger partial charge < -0.3 is 0 Å². The van der Waals surface area contributed by atoms with Gasteiger partial charge in [-0.05, 0) is 31.5 Å². The van der Waals surface area contributed by atoms with Crippen molar-refractivity contribution in [2.75, 3.05) is 4.90 Å². The predicted octanol–water partition coefficient (Wildman–Crippen LogP) is 5.44. The van der Waals surface area contributed by atoms with E-state index in [1.807, 2.05) is 67.8 Å². The van der Waals surface area contributed by atoms with Crippen molar-refractivity contribution >= 4 is 39.8 Å². The van der Waals surface area contributed by atoms with Crippen LogP contribution in [0.5, 0.6) is 0 Å². The first kappa shape index (κ1) is 17.7. The van der Waals surface area contributed by atoms with Crippen LogP contribution in [0.15, 0.2) is 66.0 Å². The number of aromatic nitrogens is 1. The Morgan fingerprint density at radius 3 is 2.36 bits per heavy atom. The molecule has 3 nitrogen and oxygen atoms in total. The first-order valence-corrected chi connectivity index (χ1v) is 10.0. The molecule has 0 unspecified atom stereocenters. The maximum absolute atomic E-state index is 13.1. The number of carbonyl (C=O) groups excluding carboxylic acids is 1. The lowest BCUT2D eigenvalue weighted by molar-refractivity contribution is -0.117. The zero-order chi connectivity index (χ0) is 17.6. The lowest BCUT2D eigenvalue weighted by Crippen LogP contribution is -2.32. The third-order valence-corrected chi connectivity index (χ3v) is 5.87. The SMILES string of the molecule is Cc1csc(N(C(=O)[C@@H](C)SCc2ccccc2)c2ccccc2)n1. The van der Waals surface area contributed by atoms with Crippen LogP contribution >= 0.6 is 23.1 Å². The number of thioether (sulfide) groups is 1. The van der Waals surface area contributed by atoms with Crippen molar-refractivity contribution in [3.05, 3.63) is 77.3 Å². The number of rotatable bonds is 6. The number of hydrogen-bond donors (Lipinski definition) is 0. The number of benzene rings is 2. The minimum Gasteiger partial charge on any atom is -0.273 e. The number of carbonyl (C=O) groups is 1. The van der Waals surface area contributed by atoms with E-state index in [-0.39, 0.29) is 11.2 Å². The molecule has 3 rings (SSSR count). The second-order valence-corrected chi connectivity index (χ2v) is 7.89. The molecule has 0 saturated carbocycles. The third-order valence-electron chi connectivity index (χ3n) is 3.72. The number of aryl methyl sites for hydroxylation is 1. The molecule has 25 heavy (non-hydrogen) atoms. The van der Waals surface area contributed by atoms with E-state index >= 15 is 0 Å². The van der Waals surface area contributed by atoms with Crippen LogP contribution in [-0.4, -0.2) is 16.1 Å². The van der Waals surface area contributed by atoms with E-state index in [1.54, 1.807) is 16.7 Å². The summed E-state index contributed by atoms with van der Waals surface area (Å²) >= 11 is 3.15. The molecule has 0 radical (unpaired) electrons. The zero-order valence-corrected chi connectivity index (χ0v) is 15.9. The molecule has 0 aliphatic rings. The Morgan fingerprint density at radius 1 is 1.12 bits per heavy atom. The Morgan fingerprint density at radius 2 is 1.76 bits per heavy atom. The van der Waals surface area contributed by atoms with Gasteiger partial charge in [0, 0.05) is 11.1 Å². The number of nitrogens with zero attached hydrogens (tertiary/aromatic N) is 2. The van der Waals surface area contributed by atoms with Gasteiger partial charge >= 0.3 is 0 Å². The summed E-state index contributed by atoms with van der Waals surface area (Å²) in [7, 11) is 0. The maximum Gasteiger partial charge on any atom is 0.246 e. The van der Waals surface area contributed by atoms with Crippen molar-refractivity contribution < 1.29 is 4.79 Å². The normalized spacial score (nSPS) is 11.9. The molecule has 0 fully saturated rings. The van der Waals surface area contributed by atoms with Gasteiger partial charge in [0.2, 0.25) is 5.91 Å². The summed E-state index contributed by atoms with van der Waals surface area (Å²) < 4.78 is 0. The van der Waals surface area contributed by atoms with Crippen LogP contribution in [0.3, 0.4) is 0 Å². The summed E-state index contributed by atoms with van der Waals surface area (Å²) in [6.45, 7) is 3.91. The van der Waals surface area contributed by atoms with Crippen LogP contribution in [0.25, 0.3) is 0 Å². The molecular formula is C20H20N2OS2. The van der Waals surface area contributed by atoms with Gasteiger partial charge in [-0.25, -0.2) is 4.98 Å². The van der Waals surface area contributed by atoms with E-state index in [4.69, 9.17) is 0 Å². The van der Waals surface area contributed by atoms with Crippen molar-refractivity contribution in [1.29, 1.82) is 0 Å². The third kappa shape index (κ3) is 4.50. The molecule has 0 N–H and O–H groups in total. The zero-order valence-electron chi connectivity index (χ0n) is 14.3. The van der Waals surface area contributed by atoms with Crippen LogP contribution in [-0.2, 0) is 10.5 Å². The molecule has 0 spiro atoms. The molecule has 1 aromatic heterocycles. The Bertz CT molecular complexity index is 818. The van der Waals surface area contributed by atoms with Gasteiger partial charge in [0.15, 0.2) is 5.13 Å². The minimum absolute atomic E-state index is 0.0569. The number of amides is 1. The molecule has 0 aliphatic carbocycles. The van der Waals surface area contributed by atoms with E-state index in [9.17, 15) is 4.79 Å². The van der Waals surface area contributed by atoms with Gasteiger partial charge in [0.1, 0.15) is 0 Å². The van der Waals surface area contributed by atoms with E-state index < -0.39 is 0 Å². The van der Waals surface area contributed by atoms with E-state index in [1.165, 1.54) is 16.9 Å². The average molecular weight is 369 g/mol. The standard InChI is InChI=1S/C20H20N2OS2/c1-15-13-25-20(21-15)22(18-11-7-4-8-12-18)19(23)16(2)24-14-17-9-5-3-6-10-17/h3-13,16H,14H2,1-2H3/t16-/m1/s1. The van der Waals surface area contributed by atoms with Crippen LogP contribution in [0.1, 0.15) is 18.2 Å². The highest BCUT2D eigenvalue weighted by Gasteiger charge is 2.26. The monoisotopic (exact) mass is 368 g/mol. The van der Waals surface area contributed by atoms with Crippen molar-refractivity contribution in [1.82, 2.24) is 4.98 Å². The number of anilines is 2. The second-order valence-electron chi connectivity index (χ2n) is 5.72. The van der Waals surface area contributed by atoms with Crippen LogP contribution in [0.2, 0.25) is 0 Å². The van der Waals surface area contributed by atoms with Gasteiger partial charge in [-0.15, -0.1) is 23.1 Å². The topological polar surface area (TPSA) is 33.2 Å². The summed E-state index contributed by atoms with van der Waals surface area (Å²) in [5.74, 6) is 0.870. The first-order chi connectivity index (χ1) is 12.1. The molecular weight excluding hydrogens is 348 g/mol. The van der Waals surface area contributed by atoms with E-state index in [0.717, 1.165) is 22.3 Å². The smallest absolute Gasteiger partial charge is 0.246 e. The van der Waals surface area contributed by atoms with E-state index in [0.29, 0.717) is 0 Å². The fourth-order valence-electron chi connectivity index (χ4n) is 2.40. The fourth-order valence-corrected chi connectivity index (χ4v) is 4.11. The lowest BCUT2D eigenvalue weighted by Gasteiger charge is -2.23. The van der Waals surface area contributed by atoms with Crippen LogP contribution in [0, 0.1) is 6.92 Å².